The molecule has 4 heteroatoms. The second kappa shape index (κ2) is 4.17. The Morgan fingerprint density at radius 3 is 2.93 bits per heavy atom. The van der Waals surface area contributed by atoms with E-state index in [0.717, 1.165) is 29.7 Å². The number of aromatic nitrogens is 1. The zero-order valence-electron chi connectivity index (χ0n) is 7.92. The van der Waals surface area contributed by atoms with Crippen molar-refractivity contribution in [1.29, 1.82) is 0 Å². The molecule has 0 spiro atoms. The number of nitrogens with zero attached hydrogens (tertiary/aromatic N) is 1. The second-order valence-electron chi connectivity index (χ2n) is 3.60. The minimum absolute atomic E-state index is 0.280. The van der Waals surface area contributed by atoms with E-state index in [1.807, 2.05) is 17.0 Å². The largest absolute Gasteiger partial charge is 0.352 e. The van der Waals surface area contributed by atoms with Crippen molar-refractivity contribution in [2.24, 2.45) is 0 Å². The predicted molar refractivity (Wildman–Crippen MR) is 57.8 cm³/mol. The van der Waals surface area contributed by atoms with Gasteiger partial charge < -0.3 is 9.88 Å². The van der Waals surface area contributed by atoms with E-state index in [0.29, 0.717) is 13.0 Å². The lowest BCUT2D eigenvalue weighted by Crippen LogP contribution is -2.34. The molecule has 0 atom stereocenters. The number of aromatic amines is 1. The lowest BCUT2D eigenvalue weighted by atomic mass is 10.1. The molecule has 0 aromatic carbocycles. The lowest BCUT2D eigenvalue weighted by Gasteiger charge is -2.26. The standard InChI is InChI=1S/C10H13BrN2O/c11-9-5-4-8(12-9)7-13-6-2-1-3-10(13)14/h4-5,12H,1-3,6-7H2. The monoisotopic (exact) mass is 256 g/mol. The van der Waals surface area contributed by atoms with Gasteiger partial charge in [-0.05, 0) is 40.9 Å². The summed E-state index contributed by atoms with van der Waals surface area (Å²) in [5, 5.41) is 0. The number of likely N-dealkylation sites (tertiary alicyclic amines) is 1. The molecule has 1 N–H and O–H groups in total. The Balaban J connectivity index is 1.99. The number of nitrogens with one attached hydrogen (secondary N) is 1. The van der Waals surface area contributed by atoms with E-state index < -0.39 is 0 Å². The van der Waals surface area contributed by atoms with Gasteiger partial charge in [0.25, 0.3) is 0 Å². The van der Waals surface area contributed by atoms with Crippen LogP contribution in [0.5, 0.6) is 0 Å². The van der Waals surface area contributed by atoms with Gasteiger partial charge in [-0.15, -0.1) is 0 Å². The van der Waals surface area contributed by atoms with Gasteiger partial charge in [0.2, 0.25) is 5.91 Å². The summed E-state index contributed by atoms with van der Waals surface area (Å²) in [4.78, 5) is 16.6. The third-order valence-corrected chi connectivity index (χ3v) is 2.96. The van der Waals surface area contributed by atoms with E-state index in [-0.39, 0.29) is 5.91 Å². The SMILES string of the molecule is O=C1CCCCN1Cc1ccc(Br)[nH]1. The molecule has 1 aliphatic heterocycles. The van der Waals surface area contributed by atoms with Gasteiger partial charge in [-0.2, -0.15) is 0 Å². The first-order chi connectivity index (χ1) is 6.75. The van der Waals surface area contributed by atoms with E-state index >= 15 is 0 Å². The third kappa shape index (κ3) is 2.18. The van der Waals surface area contributed by atoms with Gasteiger partial charge in [0.05, 0.1) is 11.1 Å². The molecule has 0 aliphatic carbocycles. The lowest BCUT2D eigenvalue weighted by molar-refractivity contribution is -0.133. The molecule has 3 nitrogen and oxygen atoms in total. The summed E-state index contributed by atoms with van der Waals surface area (Å²) in [7, 11) is 0. The smallest absolute Gasteiger partial charge is 0.222 e. The molecule has 1 aliphatic rings. The zero-order valence-corrected chi connectivity index (χ0v) is 9.51. The number of amides is 1. The Kier molecular flexibility index (Phi) is 2.91. The van der Waals surface area contributed by atoms with E-state index in [2.05, 4.69) is 20.9 Å². The number of carbonyl (C=O) groups is 1. The van der Waals surface area contributed by atoms with Crippen LogP contribution >= 0.6 is 15.9 Å². The molecule has 0 bridgehead atoms. The minimum atomic E-state index is 0.280. The Hall–Kier alpha value is -0.770. The number of hydrogen-bond acceptors (Lipinski definition) is 1. The maximum absolute atomic E-state index is 11.5. The molecule has 1 saturated heterocycles. The predicted octanol–water partition coefficient (Wildman–Crippen LogP) is 2.29. The van der Waals surface area contributed by atoms with Crippen LogP contribution in [0.25, 0.3) is 0 Å². The Labute approximate surface area is 91.6 Å². The van der Waals surface area contributed by atoms with Gasteiger partial charge in [-0.1, -0.05) is 0 Å². The number of H-pyrrole nitrogens is 1. The fourth-order valence-corrected chi connectivity index (χ4v) is 2.12. The molecule has 14 heavy (non-hydrogen) atoms. The third-order valence-electron chi connectivity index (χ3n) is 2.49. The highest BCUT2D eigenvalue weighted by Gasteiger charge is 2.18. The molecular formula is C10H13BrN2O. The molecule has 0 radical (unpaired) electrons. The van der Waals surface area contributed by atoms with Crippen LogP contribution in [0, 0.1) is 0 Å². The highest BCUT2D eigenvalue weighted by Crippen LogP contribution is 2.15. The fourth-order valence-electron chi connectivity index (χ4n) is 1.74. The number of piperidine rings is 1. The topological polar surface area (TPSA) is 36.1 Å². The fraction of sp³-hybridized carbons (Fsp3) is 0.500. The van der Waals surface area contributed by atoms with E-state index in [4.69, 9.17) is 0 Å². The van der Waals surface area contributed by atoms with Crippen molar-refractivity contribution in [3.05, 3.63) is 22.4 Å². The Morgan fingerprint density at radius 2 is 2.29 bits per heavy atom. The summed E-state index contributed by atoms with van der Waals surface area (Å²) in [6.45, 7) is 1.61. The molecule has 1 fully saturated rings. The van der Waals surface area contributed by atoms with Crippen molar-refractivity contribution in [2.45, 2.75) is 25.8 Å². The maximum Gasteiger partial charge on any atom is 0.222 e. The van der Waals surface area contributed by atoms with Gasteiger partial charge >= 0.3 is 0 Å². The number of hydrogen-bond donors (Lipinski definition) is 1. The van der Waals surface area contributed by atoms with Crippen LogP contribution in [-0.2, 0) is 11.3 Å². The Bertz CT molecular complexity index is 335. The summed E-state index contributed by atoms with van der Waals surface area (Å²) < 4.78 is 0.969. The zero-order chi connectivity index (χ0) is 9.97. The second-order valence-corrected chi connectivity index (χ2v) is 4.46. The van der Waals surface area contributed by atoms with Gasteiger partial charge in [0.15, 0.2) is 0 Å². The van der Waals surface area contributed by atoms with Crippen molar-refractivity contribution in [3.8, 4) is 0 Å². The molecule has 2 rings (SSSR count). The van der Waals surface area contributed by atoms with E-state index in [9.17, 15) is 4.79 Å². The number of halogens is 1. The highest BCUT2D eigenvalue weighted by molar-refractivity contribution is 9.10. The normalized spacial score (nSPS) is 17.5. The molecule has 1 aromatic rings. The highest BCUT2D eigenvalue weighted by atomic mass is 79.9. The van der Waals surface area contributed by atoms with Crippen molar-refractivity contribution in [3.63, 3.8) is 0 Å². The van der Waals surface area contributed by atoms with Crippen molar-refractivity contribution in [2.75, 3.05) is 6.54 Å². The summed E-state index contributed by atoms with van der Waals surface area (Å²) >= 11 is 3.35. The molecule has 0 saturated carbocycles. The van der Waals surface area contributed by atoms with Crippen molar-refractivity contribution >= 4 is 21.8 Å². The molecule has 1 amide bonds. The van der Waals surface area contributed by atoms with Crippen LogP contribution in [0.4, 0.5) is 0 Å². The van der Waals surface area contributed by atoms with Crippen molar-refractivity contribution in [1.82, 2.24) is 9.88 Å². The first-order valence-corrected chi connectivity index (χ1v) is 5.66. The first kappa shape index (κ1) is 9.77. The van der Waals surface area contributed by atoms with E-state index in [1.54, 1.807) is 0 Å². The molecule has 0 unspecified atom stereocenters. The quantitative estimate of drug-likeness (QED) is 0.866. The average Bonchev–Trinajstić information content (AvgIpc) is 2.56. The van der Waals surface area contributed by atoms with Crippen LogP contribution in [0.1, 0.15) is 25.0 Å². The Morgan fingerprint density at radius 1 is 1.43 bits per heavy atom. The summed E-state index contributed by atoms with van der Waals surface area (Å²) in [6, 6.07) is 3.97. The molecular weight excluding hydrogens is 244 g/mol. The summed E-state index contributed by atoms with van der Waals surface area (Å²) in [6.07, 6.45) is 2.89. The summed E-state index contributed by atoms with van der Waals surface area (Å²) in [5.41, 5.74) is 1.09. The van der Waals surface area contributed by atoms with Gasteiger partial charge in [-0.3, -0.25) is 4.79 Å². The van der Waals surface area contributed by atoms with Crippen LogP contribution < -0.4 is 0 Å². The minimum Gasteiger partial charge on any atom is -0.352 e. The van der Waals surface area contributed by atoms with Crippen LogP contribution in [0.15, 0.2) is 16.7 Å². The molecule has 76 valence electrons. The van der Waals surface area contributed by atoms with E-state index in [1.165, 1.54) is 0 Å². The molecule has 2 heterocycles. The maximum atomic E-state index is 11.5. The first-order valence-electron chi connectivity index (χ1n) is 4.87. The summed E-state index contributed by atoms with van der Waals surface area (Å²) in [5.74, 6) is 0.280. The molecule has 1 aromatic heterocycles. The van der Waals surface area contributed by atoms with Gasteiger partial charge in [0, 0.05) is 18.7 Å². The number of rotatable bonds is 2. The number of carbonyl (C=O) groups excluding carboxylic acids is 1. The van der Waals surface area contributed by atoms with Gasteiger partial charge in [-0.25, -0.2) is 0 Å². The van der Waals surface area contributed by atoms with Crippen LogP contribution in [-0.4, -0.2) is 22.3 Å². The van der Waals surface area contributed by atoms with Gasteiger partial charge in [0.1, 0.15) is 0 Å². The average molecular weight is 257 g/mol. The van der Waals surface area contributed by atoms with Crippen LogP contribution in [0.3, 0.4) is 0 Å². The van der Waals surface area contributed by atoms with Crippen LogP contribution in [0.2, 0.25) is 0 Å². The van der Waals surface area contributed by atoms with Crippen molar-refractivity contribution < 1.29 is 4.79 Å².